The van der Waals surface area contributed by atoms with E-state index >= 15 is 0 Å². The molecule has 9 heteroatoms. The maximum Gasteiger partial charge on any atom is 0.259 e. The molecule has 1 saturated carbocycles. The minimum atomic E-state index is 0.426. The van der Waals surface area contributed by atoms with Crippen molar-refractivity contribution >= 4 is 23.4 Å². The molecule has 0 amide bonds. The van der Waals surface area contributed by atoms with Crippen LogP contribution in [0.15, 0.2) is 52.4 Å². The van der Waals surface area contributed by atoms with Crippen molar-refractivity contribution in [2.45, 2.75) is 36.7 Å². The van der Waals surface area contributed by atoms with E-state index < -0.39 is 0 Å². The maximum absolute atomic E-state index is 6.28. The number of nitrogens with zero attached hydrogens (tertiary/aromatic N) is 6. The van der Waals surface area contributed by atoms with Gasteiger partial charge in [-0.15, -0.1) is 10.2 Å². The molecule has 0 saturated heterocycles. The van der Waals surface area contributed by atoms with Crippen LogP contribution in [0.25, 0.3) is 22.8 Å². The van der Waals surface area contributed by atoms with Gasteiger partial charge in [0.1, 0.15) is 0 Å². The van der Waals surface area contributed by atoms with E-state index in [1.54, 1.807) is 24.2 Å². The van der Waals surface area contributed by atoms with Gasteiger partial charge in [-0.2, -0.15) is 4.98 Å². The van der Waals surface area contributed by atoms with Crippen LogP contribution in [0.3, 0.4) is 0 Å². The van der Waals surface area contributed by atoms with Gasteiger partial charge in [-0.05, 0) is 44.0 Å². The number of thioether (sulfide) groups is 1. The Labute approximate surface area is 176 Å². The summed E-state index contributed by atoms with van der Waals surface area (Å²) in [4.78, 5) is 8.59. The second kappa shape index (κ2) is 7.61. The molecule has 0 atom stereocenters. The first-order valence-corrected chi connectivity index (χ1v) is 10.6. The van der Waals surface area contributed by atoms with Gasteiger partial charge in [0.05, 0.1) is 16.3 Å². The van der Waals surface area contributed by atoms with Gasteiger partial charge < -0.3 is 4.52 Å². The molecule has 3 heterocycles. The molecular weight excluding hydrogens is 408 g/mol. The molecule has 0 spiro atoms. The van der Waals surface area contributed by atoms with Crippen molar-refractivity contribution in [1.29, 1.82) is 0 Å². The fraction of sp³-hybridized carbons (Fsp3) is 0.250. The molecule has 1 aromatic carbocycles. The molecule has 0 bridgehead atoms. The summed E-state index contributed by atoms with van der Waals surface area (Å²) in [5.74, 6) is 2.43. The van der Waals surface area contributed by atoms with Crippen LogP contribution >= 0.6 is 23.4 Å². The minimum Gasteiger partial charge on any atom is -0.334 e. The van der Waals surface area contributed by atoms with E-state index in [2.05, 4.69) is 29.9 Å². The van der Waals surface area contributed by atoms with Gasteiger partial charge in [-0.25, -0.2) is 0 Å². The fourth-order valence-corrected chi connectivity index (χ4v) is 4.14. The molecule has 146 valence electrons. The van der Waals surface area contributed by atoms with E-state index in [1.807, 2.05) is 37.3 Å². The van der Waals surface area contributed by atoms with Crippen molar-refractivity contribution in [2.24, 2.45) is 0 Å². The highest BCUT2D eigenvalue weighted by molar-refractivity contribution is 7.98. The van der Waals surface area contributed by atoms with Gasteiger partial charge in [-0.1, -0.05) is 40.1 Å². The largest absolute Gasteiger partial charge is 0.334 e. The van der Waals surface area contributed by atoms with Crippen LogP contribution < -0.4 is 0 Å². The van der Waals surface area contributed by atoms with E-state index in [9.17, 15) is 0 Å². The zero-order valence-corrected chi connectivity index (χ0v) is 17.2. The summed E-state index contributed by atoms with van der Waals surface area (Å²) < 4.78 is 7.64. The average molecular weight is 425 g/mol. The average Bonchev–Trinajstić information content (AvgIpc) is 3.31. The first kappa shape index (κ1) is 18.3. The summed E-state index contributed by atoms with van der Waals surface area (Å²) in [7, 11) is 0. The summed E-state index contributed by atoms with van der Waals surface area (Å²) in [5.41, 5.74) is 2.85. The number of aromatic nitrogens is 6. The standard InChI is InChI=1S/C20H17ClN6OS/c1-12-2-5-16(21)15(10-12)19-23-17(26-28-19)11-29-20-25-24-18(27(20)14-3-4-14)13-6-8-22-9-7-13/h2,5-10,14H,3-4,11H2,1H3. The molecule has 1 aliphatic carbocycles. The Morgan fingerprint density at radius 3 is 2.79 bits per heavy atom. The summed E-state index contributed by atoms with van der Waals surface area (Å²) in [6, 6.07) is 10.1. The molecule has 0 unspecified atom stereocenters. The van der Waals surface area contributed by atoms with Gasteiger partial charge in [0, 0.05) is 24.0 Å². The van der Waals surface area contributed by atoms with Crippen molar-refractivity contribution < 1.29 is 4.52 Å². The van der Waals surface area contributed by atoms with Crippen molar-refractivity contribution in [1.82, 2.24) is 29.9 Å². The molecule has 29 heavy (non-hydrogen) atoms. The highest BCUT2D eigenvalue weighted by atomic mass is 35.5. The summed E-state index contributed by atoms with van der Waals surface area (Å²) in [6.07, 6.45) is 5.82. The lowest BCUT2D eigenvalue weighted by molar-refractivity contribution is 0.425. The number of halogens is 1. The third kappa shape index (κ3) is 3.77. The molecule has 0 radical (unpaired) electrons. The number of rotatable bonds is 6. The molecule has 1 fully saturated rings. The number of hydrogen-bond donors (Lipinski definition) is 0. The Morgan fingerprint density at radius 2 is 2.00 bits per heavy atom. The molecule has 7 nitrogen and oxygen atoms in total. The molecule has 4 aromatic rings. The Kier molecular flexibility index (Phi) is 4.81. The Hall–Kier alpha value is -2.71. The highest BCUT2D eigenvalue weighted by Crippen LogP contribution is 2.41. The lowest BCUT2D eigenvalue weighted by Crippen LogP contribution is -2.00. The number of pyridine rings is 1. The quantitative estimate of drug-likeness (QED) is 0.403. The first-order valence-electron chi connectivity index (χ1n) is 9.26. The summed E-state index contributed by atoms with van der Waals surface area (Å²) >= 11 is 7.83. The van der Waals surface area contributed by atoms with Crippen LogP contribution in [0.5, 0.6) is 0 Å². The smallest absolute Gasteiger partial charge is 0.259 e. The third-order valence-electron chi connectivity index (χ3n) is 4.67. The van der Waals surface area contributed by atoms with Crippen LogP contribution in [-0.4, -0.2) is 29.9 Å². The monoisotopic (exact) mass is 424 g/mol. The fourth-order valence-electron chi connectivity index (χ4n) is 3.09. The van der Waals surface area contributed by atoms with Crippen molar-refractivity contribution in [3.8, 4) is 22.8 Å². The van der Waals surface area contributed by atoms with Gasteiger partial charge in [0.25, 0.3) is 5.89 Å². The second-order valence-electron chi connectivity index (χ2n) is 6.93. The number of aryl methyl sites for hydroxylation is 1. The van der Waals surface area contributed by atoms with E-state index in [4.69, 9.17) is 16.1 Å². The van der Waals surface area contributed by atoms with E-state index in [0.717, 1.165) is 40.5 Å². The molecule has 0 N–H and O–H groups in total. The molecular formula is C20H17ClN6OS. The number of hydrogen-bond acceptors (Lipinski definition) is 7. The Bertz CT molecular complexity index is 1160. The Balaban J connectivity index is 1.37. The lowest BCUT2D eigenvalue weighted by atomic mass is 10.1. The first-order chi connectivity index (χ1) is 14.2. The van der Waals surface area contributed by atoms with E-state index in [-0.39, 0.29) is 0 Å². The van der Waals surface area contributed by atoms with Crippen molar-refractivity contribution in [2.75, 3.05) is 0 Å². The second-order valence-corrected chi connectivity index (χ2v) is 8.28. The zero-order chi connectivity index (χ0) is 19.8. The van der Waals surface area contributed by atoms with Gasteiger partial charge >= 0.3 is 0 Å². The van der Waals surface area contributed by atoms with Crippen LogP contribution in [0.4, 0.5) is 0 Å². The minimum absolute atomic E-state index is 0.426. The third-order valence-corrected chi connectivity index (χ3v) is 5.93. The number of benzene rings is 1. The van der Waals surface area contributed by atoms with Crippen LogP contribution in [0.2, 0.25) is 5.02 Å². The predicted molar refractivity (Wildman–Crippen MR) is 111 cm³/mol. The van der Waals surface area contributed by atoms with Gasteiger partial charge in [0.15, 0.2) is 16.8 Å². The summed E-state index contributed by atoms with van der Waals surface area (Å²) in [6.45, 7) is 2.00. The molecule has 1 aliphatic rings. The van der Waals surface area contributed by atoms with Gasteiger partial charge in [-0.3, -0.25) is 9.55 Å². The normalized spacial score (nSPS) is 13.7. The maximum atomic E-state index is 6.28. The van der Waals surface area contributed by atoms with Crippen LogP contribution in [-0.2, 0) is 5.75 Å². The SMILES string of the molecule is Cc1ccc(Cl)c(-c2nc(CSc3nnc(-c4ccncc4)n3C3CC3)no2)c1. The molecule has 5 rings (SSSR count). The van der Waals surface area contributed by atoms with Crippen molar-refractivity contribution in [3.63, 3.8) is 0 Å². The highest BCUT2D eigenvalue weighted by Gasteiger charge is 2.30. The topological polar surface area (TPSA) is 82.5 Å². The van der Waals surface area contributed by atoms with Gasteiger partial charge in [0.2, 0.25) is 0 Å². The predicted octanol–water partition coefficient (Wildman–Crippen LogP) is 4.98. The van der Waals surface area contributed by atoms with Crippen molar-refractivity contribution in [3.05, 3.63) is 59.1 Å². The van der Waals surface area contributed by atoms with Crippen LogP contribution in [0, 0.1) is 6.92 Å². The Morgan fingerprint density at radius 1 is 1.17 bits per heavy atom. The van der Waals surface area contributed by atoms with Crippen LogP contribution in [0.1, 0.15) is 30.3 Å². The molecule has 0 aliphatic heterocycles. The zero-order valence-electron chi connectivity index (χ0n) is 15.6. The molecule has 3 aromatic heterocycles. The van der Waals surface area contributed by atoms with E-state index in [0.29, 0.717) is 28.5 Å². The lowest BCUT2D eigenvalue weighted by Gasteiger charge is -2.07. The van der Waals surface area contributed by atoms with E-state index in [1.165, 1.54) is 0 Å². The summed E-state index contributed by atoms with van der Waals surface area (Å²) in [5, 5.41) is 14.4.